The molecule has 0 saturated carbocycles. The van der Waals surface area contributed by atoms with Crippen LogP contribution in [0.4, 0.5) is 0 Å². The highest BCUT2D eigenvalue weighted by Gasteiger charge is 2.29. The summed E-state index contributed by atoms with van der Waals surface area (Å²) in [7, 11) is 1.80. The van der Waals surface area contributed by atoms with Gasteiger partial charge in [-0.1, -0.05) is 0 Å². The van der Waals surface area contributed by atoms with Crippen LogP contribution in [0.5, 0.6) is 0 Å². The van der Waals surface area contributed by atoms with Crippen molar-refractivity contribution in [3.8, 4) is 0 Å². The molecular weight excluding hydrogens is 306 g/mol. The van der Waals surface area contributed by atoms with E-state index in [1.165, 1.54) is 0 Å². The van der Waals surface area contributed by atoms with Crippen molar-refractivity contribution in [3.63, 3.8) is 0 Å². The average Bonchev–Trinajstić information content (AvgIpc) is 3.07. The fourth-order valence-corrected chi connectivity index (χ4v) is 3.56. The van der Waals surface area contributed by atoms with E-state index in [2.05, 4.69) is 15.7 Å². The Kier molecular flexibility index (Phi) is 5.50. The number of nitrogens with zero attached hydrogens (tertiary/aromatic N) is 3. The number of amides is 2. The SMILES string of the molecule is Cn1cc(C(=O)NCC2CCN(C(=O)C3CCCNC3)CC2)cn1. The van der Waals surface area contributed by atoms with Crippen molar-refractivity contribution < 1.29 is 9.59 Å². The first-order chi connectivity index (χ1) is 11.6. The average molecular weight is 333 g/mol. The molecule has 1 unspecified atom stereocenters. The van der Waals surface area contributed by atoms with Gasteiger partial charge in [-0.25, -0.2) is 0 Å². The van der Waals surface area contributed by atoms with Crippen molar-refractivity contribution in [3.05, 3.63) is 18.0 Å². The maximum atomic E-state index is 12.5. The lowest BCUT2D eigenvalue weighted by Crippen LogP contribution is -2.47. The van der Waals surface area contributed by atoms with Gasteiger partial charge >= 0.3 is 0 Å². The van der Waals surface area contributed by atoms with E-state index < -0.39 is 0 Å². The number of nitrogens with one attached hydrogen (secondary N) is 2. The molecule has 0 spiro atoms. The van der Waals surface area contributed by atoms with E-state index in [0.29, 0.717) is 23.9 Å². The van der Waals surface area contributed by atoms with Gasteiger partial charge in [-0.2, -0.15) is 5.10 Å². The molecule has 0 radical (unpaired) electrons. The molecule has 2 aliphatic heterocycles. The Labute approximate surface area is 142 Å². The predicted molar refractivity (Wildman–Crippen MR) is 90.4 cm³/mol. The zero-order valence-corrected chi connectivity index (χ0v) is 14.3. The van der Waals surface area contributed by atoms with E-state index >= 15 is 0 Å². The highest BCUT2D eigenvalue weighted by Crippen LogP contribution is 2.20. The van der Waals surface area contributed by atoms with Gasteiger partial charge in [-0.05, 0) is 38.1 Å². The van der Waals surface area contributed by atoms with Gasteiger partial charge in [0.25, 0.3) is 5.91 Å². The molecule has 132 valence electrons. The number of rotatable bonds is 4. The van der Waals surface area contributed by atoms with Crippen molar-refractivity contribution in [1.82, 2.24) is 25.3 Å². The summed E-state index contributed by atoms with van der Waals surface area (Å²) in [6.07, 6.45) is 7.31. The number of hydrogen-bond acceptors (Lipinski definition) is 4. The molecule has 1 aromatic heterocycles. The second kappa shape index (κ2) is 7.79. The molecular formula is C17H27N5O2. The molecule has 7 heteroatoms. The van der Waals surface area contributed by atoms with Crippen LogP contribution in [0.15, 0.2) is 12.4 Å². The van der Waals surface area contributed by atoms with Crippen LogP contribution in [0.1, 0.15) is 36.0 Å². The number of hydrogen-bond donors (Lipinski definition) is 2. The van der Waals surface area contributed by atoms with Crippen LogP contribution in [0.2, 0.25) is 0 Å². The minimum atomic E-state index is -0.0742. The lowest BCUT2D eigenvalue weighted by atomic mass is 9.93. The number of piperidine rings is 2. The van der Waals surface area contributed by atoms with Crippen molar-refractivity contribution >= 4 is 11.8 Å². The molecule has 3 heterocycles. The maximum Gasteiger partial charge on any atom is 0.254 e. The van der Waals surface area contributed by atoms with Crippen LogP contribution < -0.4 is 10.6 Å². The summed E-state index contributed by atoms with van der Waals surface area (Å²) in [5, 5.41) is 10.3. The van der Waals surface area contributed by atoms with E-state index in [9.17, 15) is 9.59 Å². The number of aromatic nitrogens is 2. The van der Waals surface area contributed by atoms with Crippen LogP contribution >= 0.6 is 0 Å². The quantitative estimate of drug-likeness (QED) is 0.835. The lowest BCUT2D eigenvalue weighted by molar-refractivity contribution is -0.137. The summed E-state index contributed by atoms with van der Waals surface area (Å²) in [4.78, 5) is 26.6. The van der Waals surface area contributed by atoms with Crippen LogP contribution in [0.3, 0.4) is 0 Å². The van der Waals surface area contributed by atoms with E-state index in [4.69, 9.17) is 0 Å². The van der Waals surface area contributed by atoms with E-state index in [1.807, 2.05) is 4.90 Å². The Morgan fingerprint density at radius 2 is 2.12 bits per heavy atom. The smallest absolute Gasteiger partial charge is 0.254 e. The topological polar surface area (TPSA) is 79.3 Å². The van der Waals surface area contributed by atoms with Crippen LogP contribution in [-0.2, 0) is 11.8 Å². The first kappa shape index (κ1) is 17.0. The van der Waals surface area contributed by atoms with Gasteiger partial charge < -0.3 is 15.5 Å². The van der Waals surface area contributed by atoms with Crippen molar-refractivity contribution in [2.45, 2.75) is 25.7 Å². The number of likely N-dealkylation sites (tertiary alicyclic amines) is 1. The van der Waals surface area contributed by atoms with Gasteiger partial charge in [0, 0.05) is 39.4 Å². The molecule has 0 bridgehead atoms. The van der Waals surface area contributed by atoms with E-state index in [0.717, 1.165) is 51.9 Å². The molecule has 2 N–H and O–H groups in total. The minimum absolute atomic E-state index is 0.0742. The number of aryl methyl sites for hydroxylation is 1. The maximum absolute atomic E-state index is 12.5. The zero-order chi connectivity index (χ0) is 16.9. The zero-order valence-electron chi connectivity index (χ0n) is 14.3. The van der Waals surface area contributed by atoms with Gasteiger partial charge in [0.15, 0.2) is 0 Å². The van der Waals surface area contributed by atoms with Gasteiger partial charge in [0.05, 0.1) is 17.7 Å². The molecule has 3 rings (SSSR count). The minimum Gasteiger partial charge on any atom is -0.352 e. The Bertz CT molecular complexity index is 571. The molecule has 7 nitrogen and oxygen atoms in total. The third-order valence-corrected chi connectivity index (χ3v) is 5.09. The first-order valence-electron chi connectivity index (χ1n) is 8.90. The van der Waals surface area contributed by atoms with Gasteiger partial charge in [0.1, 0.15) is 0 Å². The highest BCUT2D eigenvalue weighted by atomic mass is 16.2. The summed E-state index contributed by atoms with van der Waals surface area (Å²) in [6, 6.07) is 0. The standard InChI is InChI=1S/C17H27N5O2/c1-21-12-15(11-20-21)16(23)19-9-13-4-7-22(8-5-13)17(24)14-3-2-6-18-10-14/h11-14,18H,2-10H2,1H3,(H,19,23). The summed E-state index contributed by atoms with van der Waals surface area (Å²) < 4.78 is 1.62. The normalized spacial score (nSPS) is 22.4. The monoisotopic (exact) mass is 333 g/mol. The molecule has 1 atom stereocenters. The van der Waals surface area contributed by atoms with Gasteiger partial charge in [-0.15, -0.1) is 0 Å². The highest BCUT2D eigenvalue weighted by molar-refractivity contribution is 5.93. The molecule has 2 amide bonds. The molecule has 24 heavy (non-hydrogen) atoms. The molecule has 0 aromatic carbocycles. The predicted octanol–water partition coefficient (Wildman–Crippen LogP) is 0.388. The number of carbonyl (C=O) groups excluding carboxylic acids is 2. The van der Waals surface area contributed by atoms with Crippen LogP contribution in [0.25, 0.3) is 0 Å². The molecule has 1 aromatic rings. The molecule has 2 aliphatic rings. The van der Waals surface area contributed by atoms with E-state index in [1.54, 1.807) is 24.1 Å². The van der Waals surface area contributed by atoms with Gasteiger partial charge in [0.2, 0.25) is 5.91 Å². The Morgan fingerprint density at radius 1 is 1.33 bits per heavy atom. The van der Waals surface area contributed by atoms with Crippen LogP contribution in [0, 0.1) is 11.8 Å². The largest absolute Gasteiger partial charge is 0.352 e. The summed E-state index contributed by atoms with van der Waals surface area (Å²) in [5.41, 5.74) is 0.593. The van der Waals surface area contributed by atoms with E-state index in [-0.39, 0.29) is 11.8 Å². The van der Waals surface area contributed by atoms with Crippen LogP contribution in [-0.4, -0.2) is 59.2 Å². The molecule has 2 saturated heterocycles. The summed E-state index contributed by atoms with van der Waals surface area (Å²) >= 11 is 0. The second-order valence-corrected chi connectivity index (χ2v) is 6.92. The summed E-state index contributed by atoms with van der Waals surface area (Å²) in [5.74, 6) is 0.828. The Hall–Kier alpha value is -1.89. The van der Waals surface area contributed by atoms with Crippen molar-refractivity contribution in [1.29, 1.82) is 0 Å². The fourth-order valence-electron chi connectivity index (χ4n) is 3.56. The summed E-state index contributed by atoms with van der Waals surface area (Å²) in [6.45, 7) is 4.13. The fraction of sp³-hybridized carbons (Fsp3) is 0.706. The third-order valence-electron chi connectivity index (χ3n) is 5.09. The van der Waals surface area contributed by atoms with Gasteiger partial charge in [-0.3, -0.25) is 14.3 Å². The number of carbonyl (C=O) groups is 2. The first-order valence-corrected chi connectivity index (χ1v) is 8.90. The van der Waals surface area contributed by atoms with Crippen molar-refractivity contribution in [2.24, 2.45) is 18.9 Å². The Balaban J connectivity index is 1.40. The third kappa shape index (κ3) is 4.14. The molecule has 0 aliphatic carbocycles. The Morgan fingerprint density at radius 3 is 2.75 bits per heavy atom. The lowest BCUT2D eigenvalue weighted by Gasteiger charge is -2.35. The molecule has 2 fully saturated rings. The second-order valence-electron chi connectivity index (χ2n) is 6.92. The van der Waals surface area contributed by atoms with Crippen molar-refractivity contribution in [2.75, 3.05) is 32.7 Å².